The predicted octanol–water partition coefficient (Wildman–Crippen LogP) is 3.67. The Balaban J connectivity index is 1.40. The molecular formula is C22H25N3O3S. The Kier molecular flexibility index (Phi) is 3.73. The number of amides is 1. The number of nitrogens with zero attached hydrogens (tertiary/aromatic N) is 2. The van der Waals surface area contributed by atoms with Gasteiger partial charge in [0.1, 0.15) is 6.54 Å². The van der Waals surface area contributed by atoms with Crippen molar-refractivity contribution in [3.63, 3.8) is 0 Å². The first kappa shape index (κ1) is 18.6. The topological polar surface area (TPSA) is 78.8 Å². The lowest BCUT2D eigenvalue weighted by Crippen LogP contribution is -2.39. The largest absolute Gasteiger partial charge is 0.271 e. The molecule has 2 bridgehead atoms. The van der Waals surface area contributed by atoms with E-state index < -0.39 is 15.9 Å². The molecule has 152 valence electrons. The summed E-state index contributed by atoms with van der Waals surface area (Å²) < 4.78 is 27.2. The molecule has 6 nitrogen and oxygen atoms in total. The zero-order chi connectivity index (χ0) is 20.6. The Labute approximate surface area is 171 Å². The van der Waals surface area contributed by atoms with Crippen LogP contribution in [0.4, 0.5) is 5.69 Å². The van der Waals surface area contributed by atoms with Crippen molar-refractivity contribution in [1.29, 1.82) is 0 Å². The number of fused-ring (bicyclic) bond motifs is 2. The second-order valence-corrected chi connectivity index (χ2v) is 11.1. The van der Waals surface area contributed by atoms with Crippen molar-refractivity contribution in [1.82, 2.24) is 5.43 Å². The molecule has 29 heavy (non-hydrogen) atoms. The van der Waals surface area contributed by atoms with Crippen LogP contribution >= 0.6 is 0 Å². The maximum atomic E-state index is 13.0. The van der Waals surface area contributed by atoms with Crippen LogP contribution in [0.3, 0.4) is 0 Å². The predicted molar refractivity (Wildman–Crippen MR) is 113 cm³/mol. The fourth-order valence-electron chi connectivity index (χ4n) is 5.52. The molecule has 1 aliphatic heterocycles. The van der Waals surface area contributed by atoms with Gasteiger partial charge < -0.3 is 0 Å². The lowest BCUT2D eigenvalue weighted by molar-refractivity contribution is -0.119. The van der Waals surface area contributed by atoms with Gasteiger partial charge in [-0.05, 0) is 48.1 Å². The zero-order valence-corrected chi connectivity index (χ0v) is 17.7. The lowest BCUT2D eigenvalue weighted by Gasteiger charge is -2.34. The smallest absolute Gasteiger partial charge is 0.265 e. The molecule has 2 saturated carbocycles. The molecular weight excluding hydrogens is 386 g/mol. The molecule has 0 saturated heterocycles. The van der Waals surface area contributed by atoms with E-state index in [1.54, 1.807) is 18.2 Å². The Hall–Kier alpha value is -2.41. The van der Waals surface area contributed by atoms with Gasteiger partial charge in [0.25, 0.3) is 15.9 Å². The van der Waals surface area contributed by atoms with Crippen LogP contribution in [0, 0.1) is 16.7 Å². The third-order valence-electron chi connectivity index (χ3n) is 7.80. The van der Waals surface area contributed by atoms with Crippen molar-refractivity contribution in [2.45, 2.75) is 44.9 Å². The number of carbonyl (C=O) groups is 1. The molecule has 2 fully saturated rings. The number of sulfonamides is 1. The van der Waals surface area contributed by atoms with Gasteiger partial charge in [-0.15, -0.1) is 0 Å². The highest BCUT2D eigenvalue weighted by Crippen LogP contribution is 2.63. The van der Waals surface area contributed by atoms with E-state index in [9.17, 15) is 13.2 Å². The SMILES string of the molecule is CC12CCC(C/C1=N/NC(=O)CN1c3cccc4cccc(c34)S1(=O)=O)C2(C)C. The molecule has 2 unspecified atom stereocenters. The third kappa shape index (κ3) is 2.37. The van der Waals surface area contributed by atoms with E-state index in [2.05, 4.69) is 31.3 Å². The fraction of sp³-hybridized carbons (Fsp3) is 0.455. The van der Waals surface area contributed by atoms with E-state index in [0.29, 0.717) is 17.0 Å². The van der Waals surface area contributed by atoms with Crippen LogP contribution in [0.2, 0.25) is 0 Å². The van der Waals surface area contributed by atoms with Crippen molar-refractivity contribution >= 4 is 38.1 Å². The number of hydrazone groups is 1. The van der Waals surface area contributed by atoms with E-state index in [4.69, 9.17) is 0 Å². The molecule has 7 heteroatoms. The summed E-state index contributed by atoms with van der Waals surface area (Å²) >= 11 is 0. The van der Waals surface area contributed by atoms with Gasteiger partial charge in [0.05, 0.1) is 10.6 Å². The third-order valence-corrected chi connectivity index (χ3v) is 9.60. The molecule has 3 aliphatic rings. The van der Waals surface area contributed by atoms with Gasteiger partial charge in [0.2, 0.25) is 0 Å². The average Bonchev–Trinajstić information content (AvgIpc) is 3.12. The van der Waals surface area contributed by atoms with Gasteiger partial charge in [0.15, 0.2) is 0 Å². The summed E-state index contributed by atoms with van der Waals surface area (Å²) in [5.41, 5.74) is 4.38. The molecule has 1 heterocycles. The number of nitrogens with one attached hydrogen (secondary N) is 1. The van der Waals surface area contributed by atoms with Crippen molar-refractivity contribution in [3.8, 4) is 0 Å². The highest BCUT2D eigenvalue weighted by atomic mass is 32.2. The van der Waals surface area contributed by atoms with Crippen molar-refractivity contribution in [2.24, 2.45) is 21.8 Å². The van der Waals surface area contributed by atoms with Gasteiger partial charge >= 0.3 is 0 Å². The Morgan fingerprint density at radius 3 is 2.59 bits per heavy atom. The monoisotopic (exact) mass is 411 g/mol. The zero-order valence-electron chi connectivity index (χ0n) is 16.9. The summed E-state index contributed by atoms with van der Waals surface area (Å²) in [6.07, 6.45) is 3.18. The Morgan fingerprint density at radius 1 is 1.21 bits per heavy atom. The number of carbonyl (C=O) groups excluding carboxylic acids is 1. The van der Waals surface area contributed by atoms with Crippen LogP contribution in [-0.4, -0.2) is 26.6 Å². The number of anilines is 1. The standard InChI is InChI=1S/C22H25N3O3S/c1-21(2)15-10-11-22(21,3)18(12-15)23-24-19(26)13-25-16-8-4-6-14-7-5-9-17(20(14)16)29(25,27)28/h4-9,15H,10-13H2,1-3H3,(H,24,26)/b23-18-. The fourth-order valence-corrected chi connectivity index (χ4v) is 7.19. The molecule has 0 spiro atoms. The highest BCUT2D eigenvalue weighted by molar-refractivity contribution is 7.93. The van der Waals surface area contributed by atoms with Gasteiger partial charge in [-0.2, -0.15) is 5.10 Å². The summed E-state index contributed by atoms with van der Waals surface area (Å²) in [6.45, 7) is 6.51. The maximum Gasteiger partial charge on any atom is 0.265 e. The summed E-state index contributed by atoms with van der Waals surface area (Å²) in [5, 5.41) is 5.98. The minimum atomic E-state index is -3.75. The van der Waals surface area contributed by atoms with Crippen LogP contribution in [0.5, 0.6) is 0 Å². The molecule has 2 aromatic carbocycles. The van der Waals surface area contributed by atoms with E-state index in [0.717, 1.165) is 23.9 Å². The molecule has 5 rings (SSSR count). The normalized spacial score (nSPS) is 29.7. The molecule has 0 aromatic heterocycles. The number of rotatable bonds is 3. The van der Waals surface area contributed by atoms with E-state index >= 15 is 0 Å². The van der Waals surface area contributed by atoms with Crippen molar-refractivity contribution < 1.29 is 13.2 Å². The number of benzene rings is 2. The van der Waals surface area contributed by atoms with Crippen LogP contribution in [0.25, 0.3) is 10.8 Å². The molecule has 2 aromatic rings. The first-order valence-electron chi connectivity index (χ1n) is 10.1. The molecule has 1 amide bonds. The average molecular weight is 412 g/mol. The van der Waals surface area contributed by atoms with Gasteiger partial charge in [-0.25, -0.2) is 13.8 Å². The van der Waals surface area contributed by atoms with Crippen LogP contribution in [0.15, 0.2) is 46.4 Å². The summed E-state index contributed by atoms with van der Waals surface area (Å²) in [4.78, 5) is 12.9. The van der Waals surface area contributed by atoms with Crippen molar-refractivity contribution in [2.75, 3.05) is 10.8 Å². The van der Waals surface area contributed by atoms with Crippen LogP contribution in [-0.2, 0) is 14.8 Å². The summed E-state index contributed by atoms with van der Waals surface area (Å²) in [7, 11) is -3.75. The molecule has 0 radical (unpaired) electrons. The summed E-state index contributed by atoms with van der Waals surface area (Å²) in [5.74, 6) is 0.171. The highest BCUT2D eigenvalue weighted by Gasteiger charge is 2.60. The second kappa shape index (κ2) is 5.81. The number of hydrogen-bond acceptors (Lipinski definition) is 4. The molecule has 1 N–H and O–H groups in total. The van der Waals surface area contributed by atoms with E-state index in [1.807, 2.05) is 18.2 Å². The Bertz CT molecular complexity index is 1180. The minimum absolute atomic E-state index is 0.00744. The van der Waals surface area contributed by atoms with Gasteiger partial charge in [0, 0.05) is 16.5 Å². The second-order valence-electron chi connectivity index (χ2n) is 9.23. The maximum absolute atomic E-state index is 13.0. The van der Waals surface area contributed by atoms with Crippen LogP contribution < -0.4 is 9.73 Å². The van der Waals surface area contributed by atoms with E-state index in [-0.39, 0.29) is 22.3 Å². The first-order chi connectivity index (χ1) is 13.7. The minimum Gasteiger partial charge on any atom is -0.271 e. The van der Waals surface area contributed by atoms with Gasteiger partial charge in [-0.1, -0.05) is 45.0 Å². The molecule has 2 atom stereocenters. The Morgan fingerprint density at radius 2 is 1.93 bits per heavy atom. The molecule has 2 aliphatic carbocycles. The first-order valence-corrected chi connectivity index (χ1v) is 11.5. The lowest BCUT2D eigenvalue weighted by atomic mass is 9.70. The van der Waals surface area contributed by atoms with Crippen LogP contribution in [0.1, 0.15) is 40.0 Å². The quantitative estimate of drug-likeness (QED) is 0.783. The van der Waals surface area contributed by atoms with E-state index in [1.165, 1.54) is 10.7 Å². The number of hydrogen-bond donors (Lipinski definition) is 1. The summed E-state index contributed by atoms with van der Waals surface area (Å²) in [6, 6.07) is 10.6. The van der Waals surface area contributed by atoms with Gasteiger partial charge in [-0.3, -0.25) is 9.10 Å². The van der Waals surface area contributed by atoms with Crippen molar-refractivity contribution in [3.05, 3.63) is 36.4 Å².